The van der Waals surface area contributed by atoms with Crippen LogP contribution in [-0.2, 0) is 6.54 Å². The number of methoxy groups -OCH3 is 1. The lowest BCUT2D eigenvalue weighted by Crippen LogP contribution is -2.21. The molecular weight excluding hydrogens is 428 g/mol. The van der Waals surface area contributed by atoms with Gasteiger partial charge in [0.1, 0.15) is 13.2 Å². The van der Waals surface area contributed by atoms with Gasteiger partial charge in [0.25, 0.3) is 5.91 Å². The number of benzene rings is 2. The summed E-state index contributed by atoms with van der Waals surface area (Å²) >= 11 is 1.35. The third-order valence-corrected chi connectivity index (χ3v) is 5.69. The molecule has 0 unspecified atom stereocenters. The first-order valence-corrected chi connectivity index (χ1v) is 10.2. The van der Waals surface area contributed by atoms with Crippen molar-refractivity contribution in [3.8, 4) is 33.4 Å². The van der Waals surface area contributed by atoms with Crippen molar-refractivity contribution in [2.24, 2.45) is 0 Å². The first-order chi connectivity index (χ1) is 15.0. The van der Waals surface area contributed by atoms with Crippen molar-refractivity contribution in [1.82, 2.24) is 5.32 Å². The molecule has 1 aliphatic heterocycles. The predicted molar refractivity (Wildman–Crippen MR) is 112 cm³/mol. The van der Waals surface area contributed by atoms with Crippen molar-refractivity contribution in [2.45, 2.75) is 13.2 Å². The molecule has 9 heteroatoms. The zero-order chi connectivity index (χ0) is 21.8. The van der Waals surface area contributed by atoms with Crippen LogP contribution in [0.1, 0.15) is 15.2 Å². The normalized spacial score (nSPS) is 12.5. The Bertz CT molecular complexity index is 1090. The summed E-state index contributed by atoms with van der Waals surface area (Å²) in [4.78, 5) is 14.0. The molecule has 6 nitrogen and oxygen atoms in total. The van der Waals surface area contributed by atoms with E-state index >= 15 is 0 Å². The molecule has 2 aromatic carbocycles. The summed E-state index contributed by atoms with van der Waals surface area (Å²) in [5.74, 6) is 1.24. The first kappa shape index (κ1) is 20.9. The van der Waals surface area contributed by atoms with E-state index in [9.17, 15) is 13.6 Å². The molecule has 0 saturated heterocycles. The van der Waals surface area contributed by atoms with Crippen molar-refractivity contribution in [3.05, 3.63) is 59.0 Å². The smallest absolute Gasteiger partial charge is 0.387 e. The summed E-state index contributed by atoms with van der Waals surface area (Å²) in [6.45, 7) is -1.78. The Labute approximate surface area is 181 Å². The molecule has 0 bridgehead atoms. The number of alkyl halides is 2. The number of nitrogens with one attached hydrogen (secondary N) is 1. The van der Waals surface area contributed by atoms with E-state index in [1.54, 1.807) is 12.1 Å². The zero-order valence-electron chi connectivity index (χ0n) is 16.5. The van der Waals surface area contributed by atoms with Crippen LogP contribution in [0.15, 0.2) is 48.5 Å². The number of halogens is 2. The average molecular weight is 447 g/mol. The van der Waals surface area contributed by atoms with Crippen LogP contribution in [0.4, 0.5) is 8.78 Å². The number of carbonyl (C=O) groups excluding carboxylic acids is 1. The molecule has 3 aromatic rings. The van der Waals surface area contributed by atoms with E-state index in [-0.39, 0.29) is 24.0 Å². The van der Waals surface area contributed by atoms with Gasteiger partial charge in [-0.25, -0.2) is 0 Å². The maximum absolute atomic E-state index is 12.6. The molecule has 0 spiro atoms. The highest BCUT2D eigenvalue weighted by atomic mass is 32.1. The minimum Gasteiger partial charge on any atom is -0.493 e. The molecule has 1 N–H and O–H groups in total. The molecule has 0 fully saturated rings. The van der Waals surface area contributed by atoms with E-state index in [0.717, 1.165) is 10.4 Å². The lowest BCUT2D eigenvalue weighted by Gasteiger charge is -2.18. The fourth-order valence-electron chi connectivity index (χ4n) is 3.10. The highest BCUT2D eigenvalue weighted by Gasteiger charge is 2.16. The summed E-state index contributed by atoms with van der Waals surface area (Å²) in [7, 11) is 1.37. The van der Waals surface area contributed by atoms with E-state index in [1.807, 2.05) is 24.3 Å². The van der Waals surface area contributed by atoms with Gasteiger partial charge < -0.3 is 24.3 Å². The van der Waals surface area contributed by atoms with Gasteiger partial charge >= 0.3 is 6.61 Å². The Balaban J connectivity index is 1.43. The van der Waals surface area contributed by atoms with Gasteiger partial charge in [-0.15, -0.1) is 11.3 Å². The SMILES string of the molecule is COc1ccc(CNC(=O)c2ccc(-c3ccc4c(c3)OCCO4)s2)cc1OC(F)F. The Morgan fingerprint density at radius 2 is 1.87 bits per heavy atom. The fraction of sp³-hybridized carbons (Fsp3) is 0.227. The minimum absolute atomic E-state index is 0.0822. The van der Waals surface area contributed by atoms with Crippen LogP contribution in [-0.4, -0.2) is 32.8 Å². The molecule has 1 aliphatic rings. The standard InChI is InChI=1S/C22H19F2NO5S/c1-27-15-4-2-13(10-18(15)30-22(23)24)12-25-21(26)20-7-6-19(31-20)14-3-5-16-17(11-14)29-9-8-28-16/h2-7,10-11,22H,8-9,12H2,1H3,(H,25,26). The van der Waals surface area contributed by atoms with Crippen LogP contribution >= 0.6 is 11.3 Å². The molecule has 0 saturated carbocycles. The number of hydrogen-bond donors (Lipinski definition) is 1. The molecule has 2 heterocycles. The summed E-state index contributed by atoms with van der Waals surface area (Å²) < 4.78 is 45.8. The lowest BCUT2D eigenvalue weighted by molar-refractivity contribution is -0.0512. The molecule has 31 heavy (non-hydrogen) atoms. The monoisotopic (exact) mass is 447 g/mol. The number of fused-ring (bicyclic) bond motifs is 1. The summed E-state index contributed by atoms with van der Waals surface area (Å²) in [6, 6.07) is 13.9. The number of carbonyl (C=O) groups is 1. The number of ether oxygens (including phenoxy) is 4. The van der Waals surface area contributed by atoms with Crippen molar-refractivity contribution in [1.29, 1.82) is 0 Å². The van der Waals surface area contributed by atoms with E-state index in [2.05, 4.69) is 10.1 Å². The highest BCUT2D eigenvalue weighted by Crippen LogP contribution is 2.37. The molecule has 4 rings (SSSR count). The third kappa shape index (κ3) is 4.88. The molecular formula is C22H19F2NO5S. The second-order valence-corrected chi connectivity index (χ2v) is 7.65. The van der Waals surface area contributed by atoms with Crippen LogP contribution in [0.3, 0.4) is 0 Å². The minimum atomic E-state index is -2.97. The third-order valence-electron chi connectivity index (χ3n) is 4.55. The van der Waals surface area contributed by atoms with Crippen LogP contribution in [0.2, 0.25) is 0 Å². The van der Waals surface area contributed by atoms with Crippen molar-refractivity contribution in [3.63, 3.8) is 0 Å². The Morgan fingerprint density at radius 3 is 2.65 bits per heavy atom. The van der Waals surface area contributed by atoms with Crippen LogP contribution in [0.5, 0.6) is 23.0 Å². The van der Waals surface area contributed by atoms with Gasteiger partial charge in [0.05, 0.1) is 12.0 Å². The lowest BCUT2D eigenvalue weighted by atomic mass is 10.1. The van der Waals surface area contributed by atoms with Gasteiger partial charge in [-0.3, -0.25) is 4.79 Å². The largest absolute Gasteiger partial charge is 0.493 e. The van der Waals surface area contributed by atoms with Crippen LogP contribution in [0, 0.1) is 0 Å². The van der Waals surface area contributed by atoms with Crippen LogP contribution in [0.25, 0.3) is 10.4 Å². The van der Waals surface area contributed by atoms with Crippen LogP contribution < -0.4 is 24.3 Å². The number of thiophene rings is 1. The Morgan fingerprint density at radius 1 is 1.06 bits per heavy atom. The summed E-state index contributed by atoms with van der Waals surface area (Å²) in [6.07, 6.45) is 0. The second kappa shape index (κ2) is 9.22. The van der Waals surface area contributed by atoms with E-state index in [4.69, 9.17) is 14.2 Å². The Kier molecular flexibility index (Phi) is 6.22. The highest BCUT2D eigenvalue weighted by molar-refractivity contribution is 7.17. The summed E-state index contributed by atoms with van der Waals surface area (Å²) in [5.41, 5.74) is 1.53. The van der Waals surface area contributed by atoms with Gasteiger partial charge in [-0.2, -0.15) is 8.78 Å². The Hall–Kier alpha value is -3.33. The van der Waals surface area contributed by atoms with E-state index in [0.29, 0.717) is 35.2 Å². The predicted octanol–water partition coefficient (Wildman–Crippen LogP) is 4.73. The number of hydrogen-bond acceptors (Lipinski definition) is 6. The maximum Gasteiger partial charge on any atom is 0.387 e. The molecule has 162 valence electrons. The van der Waals surface area contributed by atoms with Gasteiger partial charge in [-0.1, -0.05) is 6.07 Å². The topological polar surface area (TPSA) is 66.0 Å². The van der Waals surface area contributed by atoms with Crippen molar-refractivity contribution < 1.29 is 32.5 Å². The van der Waals surface area contributed by atoms with Gasteiger partial charge in [0.15, 0.2) is 23.0 Å². The zero-order valence-corrected chi connectivity index (χ0v) is 17.3. The van der Waals surface area contributed by atoms with Gasteiger partial charge in [-0.05, 0) is 53.6 Å². The maximum atomic E-state index is 12.6. The summed E-state index contributed by atoms with van der Waals surface area (Å²) in [5, 5.41) is 2.79. The van der Waals surface area contributed by atoms with E-state index < -0.39 is 6.61 Å². The molecule has 0 aliphatic carbocycles. The average Bonchev–Trinajstić information content (AvgIpc) is 3.27. The molecule has 0 atom stereocenters. The second-order valence-electron chi connectivity index (χ2n) is 6.57. The number of amides is 1. The molecule has 0 radical (unpaired) electrons. The number of rotatable bonds is 7. The fourth-order valence-corrected chi connectivity index (χ4v) is 4.02. The van der Waals surface area contributed by atoms with E-state index in [1.165, 1.54) is 30.6 Å². The van der Waals surface area contributed by atoms with Crippen molar-refractivity contribution >= 4 is 17.2 Å². The van der Waals surface area contributed by atoms with Gasteiger partial charge in [0.2, 0.25) is 0 Å². The first-order valence-electron chi connectivity index (χ1n) is 9.43. The quantitative estimate of drug-likeness (QED) is 0.568. The molecule has 1 amide bonds. The van der Waals surface area contributed by atoms with Crippen molar-refractivity contribution in [2.75, 3.05) is 20.3 Å². The molecule has 1 aromatic heterocycles. The van der Waals surface area contributed by atoms with Gasteiger partial charge in [0, 0.05) is 11.4 Å².